The maximum Gasteiger partial charge on any atom is 0.129 e. The van der Waals surface area contributed by atoms with Crippen LogP contribution in [0.3, 0.4) is 0 Å². The summed E-state index contributed by atoms with van der Waals surface area (Å²) in [6, 6.07) is 4.62. The largest absolute Gasteiger partial charge is 0.392 e. The summed E-state index contributed by atoms with van der Waals surface area (Å²) in [7, 11) is 0. The Bertz CT molecular complexity index is 413. The fraction of sp³-hybridized carbons (Fsp3) is 0.533. The molecule has 1 aromatic heterocycles. The number of pyridine rings is 1. The van der Waals surface area contributed by atoms with Gasteiger partial charge in [0.2, 0.25) is 0 Å². The second kappa shape index (κ2) is 6.01. The molecule has 0 aromatic carbocycles. The molecule has 0 atom stereocenters. The monoisotopic (exact) mass is 246 g/mol. The van der Waals surface area contributed by atoms with Crippen LogP contribution in [-0.2, 0) is 13.0 Å². The summed E-state index contributed by atoms with van der Waals surface area (Å²) in [6.07, 6.45) is 6.44. The molecule has 0 aliphatic heterocycles. The van der Waals surface area contributed by atoms with Gasteiger partial charge in [0.05, 0.1) is 6.61 Å². The molecule has 1 saturated carbocycles. The van der Waals surface area contributed by atoms with Crippen molar-refractivity contribution in [1.82, 2.24) is 4.98 Å². The lowest BCUT2D eigenvalue weighted by Gasteiger charge is -2.23. The van der Waals surface area contributed by atoms with Gasteiger partial charge >= 0.3 is 0 Å². The summed E-state index contributed by atoms with van der Waals surface area (Å²) in [5.41, 5.74) is 2.03. The van der Waals surface area contributed by atoms with Crippen LogP contribution in [0.5, 0.6) is 0 Å². The van der Waals surface area contributed by atoms with Crippen molar-refractivity contribution >= 4 is 5.82 Å². The summed E-state index contributed by atoms with van der Waals surface area (Å²) in [5, 5.41) is 9.35. The number of anilines is 1. The van der Waals surface area contributed by atoms with Gasteiger partial charge in [-0.1, -0.05) is 19.4 Å². The van der Waals surface area contributed by atoms with Crippen molar-refractivity contribution in [2.75, 3.05) is 11.4 Å². The summed E-state index contributed by atoms with van der Waals surface area (Å²) in [6.45, 7) is 6.88. The van der Waals surface area contributed by atoms with Crippen LogP contribution < -0.4 is 4.90 Å². The molecular formula is C15H22N2O. The van der Waals surface area contributed by atoms with Crippen molar-refractivity contribution < 1.29 is 5.11 Å². The predicted molar refractivity (Wildman–Crippen MR) is 74.7 cm³/mol. The van der Waals surface area contributed by atoms with Gasteiger partial charge in [0, 0.05) is 18.3 Å². The minimum absolute atomic E-state index is 0.0822. The molecule has 0 bridgehead atoms. The van der Waals surface area contributed by atoms with Gasteiger partial charge in [0.15, 0.2) is 0 Å². The fourth-order valence-electron chi connectivity index (χ4n) is 2.21. The number of hydrogen-bond donors (Lipinski definition) is 1. The van der Waals surface area contributed by atoms with Gasteiger partial charge in [-0.25, -0.2) is 4.98 Å². The van der Waals surface area contributed by atoms with E-state index < -0.39 is 0 Å². The number of aliphatic hydroxyl groups is 1. The number of aliphatic hydroxyl groups excluding tert-OH is 1. The first kappa shape index (κ1) is 13.1. The standard InChI is InChI=1S/C15H22N2O/c1-3-5-13-9-12(11-18)10-15(16-13)17(8-4-2)14-6-7-14/h4,9-10,14,18H,2-3,5-8,11H2,1H3. The molecule has 0 amide bonds. The van der Waals surface area contributed by atoms with Gasteiger partial charge in [0.25, 0.3) is 0 Å². The smallest absolute Gasteiger partial charge is 0.129 e. The Kier molecular flexibility index (Phi) is 4.37. The number of aryl methyl sites for hydroxylation is 1. The van der Waals surface area contributed by atoms with E-state index in [9.17, 15) is 5.11 Å². The average Bonchev–Trinajstić information content (AvgIpc) is 3.20. The molecule has 2 rings (SSSR count). The Morgan fingerprint density at radius 1 is 1.50 bits per heavy atom. The molecule has 1 N–H and O–H groups in total. The molecule has 0 saturated heterocycles. The SMILES string of the molecule is C=CCN(c1cc(CO)cc(CCC)n1)C1CC1. The van der Waals surface area contributed by atoms with Gasteiger partial charge in [-0.3, -0.25) is 0 Å². The second-order valence-electron chi connectivity index (χ2n) is 4.91. The zero-order valence-corrected chi connectivity index (χ0v) is 11.1. The Balaban J connectivity index is 2.28. The highest BCUT2D eigenvalue weighted by molar-refractivity contribution is 5.45. The summed E-state index contributed by atoms with van der Waals surface area (Å²) < 4.78 is 0. The van der Waals surface area contributed by atoms with Gasteiger partial charge in [-0.15, -0.1) is 6.58 Å². The minimum Gasteiger partial charge on any atom is -0.392 e. The molecular weight excluding hydrogens is 224 g/mol. The van der Waals surface area contributed by atoms with Crippen LogP contribution >= 0.6 is 0 Å². The topological polar surface area (TPSA) is 36.4 Å². The average molecular weight is 246 g/mol. The highest BCUT2D eigenvalue weighted by Gasteiger charge is 2.29. The minimum atomic E-state index is 0.0822. The Labute approximate surface area is 109 Å². The predicted octanol–water partition coefficient (Wildman–Crippen LogP) is 2.68. The highest BCUT2D eigenvalue weighted by atomic mass is 16.3. The molecule has 98 valence electrons. The van der Waals surface area contributed by atoms with E-state index in [1.54, 1.807) is 0 Å². The van der Waals surface area contributed by atoms with Crippen LogP contribution in [0.4, 0.5) is 5.82 Å². The molecule has 1 heterocycles. The first-order valence-electron chi connectivity index (χ1n) is 6.76. The molecule has 18 heavy (non-hydrogen) atoms. The number of hydrogen-bond acceptors (Lipinski definition) is 3. The summed E-state index contributed by atoms with van der Waals surface area (Å²) >= 11 is 0. The lowest BCUT2D eigenvalue weighted by atomic mass is 10.1. The van der Waals surface area contributed by atoms with Crippen LogP contribution in [-0.4, -0.2) is 22.7 Å². The number of aromatic nitrogens is 1. The second-order valence-corrected chi connectivity index (χ2v) is 4.91. The van der Waals surface area contributed by atoms with Gasteiger partial charge < -0.3 is 10.0 Å². The first-order chi connectivity index (χ1) is 8.78. The molecule has 0 spiro atoms. The Hall–Kier alpha value is -1.35. The lowest BCUT2D eigenvalue weighted by Crippen LogP contribution is -2.27. The zero-order valence-electron chi connectivity index (χ0n) is 11.1. The molecule has 3 nitrogen and oxygen atoms in total. The van der Waals surface area contributed by atoms with Crippen molar-refractivity contribution in [1.29, 1.82) is 0 Å². The van der Waals surface area contributed by atoms with Gasteiger partial charge in [0.1, 0.15) is 5.82 Å². The molecule has 3 heteroatoms. The Morgan fingerprint density at radius 3 is 2.83 bits per heavy atom. The third-order valence-electron chi connectivity index (χ3n) is 3.22. The number of nitrogens with zero attached hydrogens (tertiary/aromatic N) is 2. The maximum absolute atomic E-state index is 9.35. The lowest BCUT2D eigenvalue weighted by molar-refractivity contribution is 0.281. The molecule has 1 aliphatic rings. The molecule has 1 aliphatic carbocycles. The molecule has 0 radical (unpaired) electrons. The molecule has 0 unspecified atom stereocenters. The maximum atomic E-state index is 9.35. The first-order valence-corrected chi connectivity index (χ1v) is 6.76. The third kappa shape index (κ3) is 3.10. The van der Waals surface area contributed by atoms with Crippen LogP contribution in [0.1, 0.15) is 37.4 Å². The van der Waals surface area contributed by atoms with E-state index in [2.05, 4.69) is 18.4 Å². The highest BCUT2D eigenvalue weighted by Crippen LogP contribution is 2.31. The van der Waals surface area contributed by atoms with Crippen LogP contribution in [0.2, 0.25) is 0 Å². The normalized spacial score (nSPS) is 14.6. The van der Waals surface area contributed by atoms with E-state index in [0.717, 1.165) is 36.5 Å². The van der Waals surface area contributed by atoms with E-state index in [1.165, 1.54) is 12.8 Å². The van der Waals surface area contributed by atoms with Crippen molar-refractivity contribution in [2.45, 2.75) is 45.3 Å². The van der Waals surface area contributed by atoms with Crippen LogP contribution in [0.15, 0.2) is 24.8 Å². The van der Waals surface area contributed by atoms with Gasteiger partial charge in [-0.2, -0.15) is 0 Å². The summed E-state index contributed by atoms with van der Waals surface area (Å²) in [4.78, 5) is 7.02. The van der Waals surface area contributed by atoms with Gasteiger partial charge in [-0.05, 0) is 37.0 Å². The summed E-state index contributed by atoms with van der Waals surface area (Å²) in [5.74, 6) is 0.993. The van der Waals surface area contributed by atoms with E-state index in [1.807, 2.05) is 18.2 Å². The fourth-order valence-corrected chi connectivity index (χ4v) is 2.21. The van der Waals surface area contributed by atoms with E-state index in [-0.39, 0.29) is 6.61 Å². The Morgan fingerprint density at radius 2 is 2.28 bits per heavy atom. The quantitative estimate of drug-likeness (QED) is 0.751. The zero-order chi connectivity index (χ0) is 13.0. The van der Waals surface area contributed by atoms with Crippen LogP contribution in [0.25, 0.3) is 0 Å². The third-order valence-corrected chi connectivity index (χ3v) is 3.22. The van der Waals surface area contributed by atoms with Crippen molar-refractivity contribution in [2.24, 2.45) is 0 Å². The van der Waals surface area contributed by atoms with Crippen molar-refractivity contribution in [3.05, 3.63) is 36.0 Å². The van der Waals surface area contributed by atoms with Crippen molar-refractivity contribution in [3.63, 3.8) is 0 Å². The number of rotatable bonds is 7. The molecule has 1 fully saturated rings. The van der Waals surface area contributed by atoms with E-state index >= 15 is 0 Å². The van der Waals surface area contributed by atoms with E-state index in [4.69, 9.17) is 4.98 Å². The van der Waals surface area contributed by atoms with Crippen LogP contribution in [0, 0.1) is 0 Å². The van der Waals surface area contributed by atoms with Crippen molar-refractivity contribution in [3.8, 4) is 0 Å². The molecule has 1 aromatic rings. The van der Waals surface area contributed by atoms with E-state index in [0.29, 0.717) is 6.04 Å².